The van der Waals surface area contributed by atoms with E-state index in [1.807, 2.05) is 85.2 Å². The Morgan fingerprint density at radius 3 is 2.23 bits per heavy atom. The van der Waals surface area contributed by atoms with Crippen molar-refractivity contribution in [3.8, 4) is 22.1 Å². The number of hydrogen-bond donors (Lipinski definition) is 3. The summed E-state index contributed by atoms with van der Waals surface area (Å²) in [5, 5.41) is 19.9. The number of aryl methyl sites for hydroxylation is 1. The summed E-state index contributed by atoms with van der Waals surface area (Å²) in [4.78, 5) is 61.7. The van der Waals surface area contributed by atoms with E-state index in [4.69, 9.17) is 14.2 Å². The molecule has 4 amide bonds. The molecular weight excluding hydrogens is 940 g/mol. The van der Waals surface area contributed by atoms with E-state index in [9.17, 15) is 32.3 Å². The Morgan fingerprint density at radius 1 is 0.901 bits per heavy atom. The van der Waals surface area contributed by atoms with E-state index in [2.05, 4.69) is 36.2 Å². The van der Waals surface area contributed by atoms with E-state index in [1.54, 1.807) is 40.5 Å². The van der Waals surface area contributed by atoms with Crippen molar-refractivity contribution in [3.05, 3.63) is 88.8 Å². The van der Waals surface area contributed by atoms with Gasteiger partial charge < -0.3 is 35.1 Å². The summed E-state index contributed by atoms with van der Waals surface area (Å²) in [6.45, 7) is 16.6. The molecule has 380 valence electrons. The maximum absolute atomic E-state index is 14.3. The van der Waals surface area contributed by atoms with Crippen molar-refractivity contribution in [2.24, 2.45) is 21.7 Å². The van der Waals surface area contributed by atoms with Crippen LogP contribution in [0.25, 0.3) is 16.1 Å². The molecule has 2 aromatic carbocycles. The highest BCUT2D eigenvalue weighted by Crippen LogP contribution is 2.56. The highest BCUT2D eigenvalue weighted by molar-refractivity contribution is 7.13. The predicted octanol–water partition coefficient (Wildman–Crippen LogP) is 7.59. The van der Waals surface area contributed by atoms with Gasteiger partial charge in [-0.1, -0.05) is 72.7 Å². The van der Waals surface area contributed by atoms with E-state index >= 15 is 0 Å². The van der Waals surface area contributed by atoms with Crippen LogP contribution in [0.3, 0.4) is 0 Å². The number of aromatic nitrogens is 5. The molecule has 1 spiro atoms. The molecule has 1 aliphatic heterocycles. The molecule has 20 heteroatoms. The fourth-order valence-corrected chi connectivity index (χ4v) is 11.1. The van der Waals surface area contributed by atoms with Crippen molar-refractivity contribution in [1.82, 2.24) is 45.6 Å². The van der Waals surface area contributed by atoms with Crippen molar-refractivity contribution in [1.29, 1.82) is 0 Å². The molecule has 0 radical (unpaired) electrons. The quantitative estimate of drug-likeness (QED) is 0.0734. The number of hydrogen-bond acceptors (Lipinski definition) is 12. The first-order chi connectivity index (χ1) is 33.5. The minimum absolute atomic E-state index is 0.0242. The fourth-order valence-electron chi connectivity index (χ4n) is 10.2. The van der Waals surface area contributed by atoms with E-state index in [1.165, 1.54) is 12.1 Å². The van der Waals surface area contributed by atoms with Crippen molar-refractivity contribution < 1.29 is 46.6 Å². The first-order valence-corrected chi connectivity index (χ1v) is 24.8. The smallest absolute Gasteiger partial charge is 0.453 e. The summed E-state index contributed by atoms with van der Waals surface area (Å²) in [6.07, 6.45) is -1.49. The minimum Gasteiger partial charge on any atom is -0.494 e. The van der Waals surface area contributed by atoms with Gasteiger partial charge in [-0.15, -0.1) is 26.6 Å². The average molecular weight is 1000 g/mol. The molecular formula is C51H62F3N9O7S. The first kappa shape index (κ1) is 51.2. The maximum atomic E-state index is 14.3. The lowest BCUT2D eigenvalue weighted by Crippen LogP contribution is -2.74. The van der Waals surface area contributed by atoms with Crippen molar-refractivity contribution in [3.63, 3.8) is 0 Å². The van der Waals surface area contributed by atoms with Crippen LogP contribution in [0.1, 0.15) is 108 Å². The Hall–Kier alpha value is -6.15. The lowest BCUT2D eigenvalue weighted by Gasteiger charge is -2.62. The molecule has 3 N–H and O–H groups in total. The van der Waals surface area contributed by atoms with Crippen molar-refractivity contribution in [2.45, 2.75) is 124 Å². The number of likely N-dealkylation sites (tertiary alicyclic amines) is 1. The number of fused-ring (bicyclic) bond motifs is 1. The standard InChI is InChI=1S/C51H62F3N9O7S/c1-30-39(71-29-56-30)32-13-11-31(12-14-32)26-55-42(66)35-25-50(21-22-50)28-62(35)43(67)40(47(2,3)4)57-37(64)27-68-23-9-10-24-69-34-17-15-33(16-18-34)41(65)58-44-48(5,6)45(49(44,7)8)70-38-20-19-36-59-60-46(51(52,53)54)63(36)61-38/h11-20,29,35,40,44-45H,9-10,21-28H2,1-8H3,(H,55,66)(H,57,64)(H,58,65)/t35-,40+,44?,45?/m0/s1. The summed E-state index contributed by atoms with van der Waals surface area (Å²) in [5.41, 5.74) is 3.26. The summed E-state index contributed by atoms with van der Waals surface area (Å²) in [7, 11) is 0. The summed E-state index contributed by atoms with van der Waals surface area (Å²) in [6, 6.07) is 15.8. The number of nitrogens with one attached hydrogen (secondary N) is 3. The van der Waals surface area contributed by atoms with Gasteiger partial charge in [0.2, 0.25) is 23.6 Å². The van der Waals surface area contributed by atoms with Gasteiger partial charge in [-0.2, -0.15) is 17.7 Å². The van der Waals surface area contributed by atoms with Gasteiger partial charge in [0.15, 0.2) is 5.65 Å². The van der Waals surface area contributed by atoms with Gasteiger partial charge in [0.1, 0.15) is 30.5 Å². The van der Waals surface area contributed by atoms with Gasteiger partial charge in [0.05, 0.1) is 22.7 Å². The van der Waals surface area contributed by atoms with Crippen LogP contribution in [0.5, 0.6) is 11.6 Å². The van der Waals surface area contributed by atoms with Crippen molar-refractivity contribution >= 4 is 40.6 Å². The predicted molar refractivity (Wildman–Crippen MR) is 258 cm³/mol. The van der Waals surface area contributed by atoms with Crippen LogP contribution < -0.4 is 25.4 Å². The molecule has 4 heterocycles. The van der Waals surface area contributed by atoms with Crippen LogP contribution in [-0.4, -0.2) is 104 Å². The molecule has 0 bridgehead atoms. The minimum atomic E-state index is -4.75. The second-order valence-electron chi connectivity index (χ2n) is 21.4. The maximum Gasteiger partial charge on any atom is 0.453 e. The first-order valence-electron chi connectivity index (χ1n) is 23.9. The van der Waals surface area contributed by atoms with Gasteiger partial charge in [0.25, 0.3) is 11.7 Å². The largest absolute Gasteiger partial charge is 0.494 e. The van der Waals surface area contributed by atoms with E-state index < -0.39 is 52.3 Å². The van der Waals surface area contributed by atoms with Crippen LogP contribution in [0, 0.1) is 28.6 Å². The number of nitrogens with zero attached hydrogens (tertiary/aromatic N) is 6. The number of benzene rings is 2. The van der Waals surface area contributed by atoms with Crippen LogP contribution in [0.15, 0.2) is 66.2 Å². The highest BCUT2D eigenvalue weighted by Gasteiger charge is 2.64. The molecule has 2 atom stereocenters. The highest BCUT2D eigenvalue weighted by atomic mass is 32.1. The molecule has 1 saturated heterocycles. The summed E-state index contributed by atoms with van der Waals surface area (Å²) < 4.78 is 58.7. The van der Waals surface area contributed by atoms with Crippen LogP contribution >= 0.6 is 11.3 Å². The molecule has 16 nitrogen and oxygen atoms in total. The fraction of sp³-hybridized carbons (Fsp3) is 0.529. The van der Waals surface area contributed by atoms with Gasteiger partial charge in [-0.05, 0) is 91.3 Å². The van der Waals surface area contributed by atoms with Crippen LogP contribution in [0.4, 0.5) is 13.2 Å². The molecule has 8 rings (SSSR count). The number of halogens is 3. The zero-order chi connectivity index (χ0) is 51.1. The van der Waals surface area contributed by atoms with E-state index in [0.29, 0.717) is 61.4 Å². The normalized spacial score (nSPS) is 20.3. The second-order valence-corrected chi connectivity index (χ2v) is 22.2. The Kier molecular flexibility index (Phi) is 14.3. The lowest BCUT2D eigenvalue weighted by atomic mass is 9.49. The number of carbonyl (C=O) groups is 4. The van der Waals surface area contributed by atoms with Gasteiger partial charge in [-0.3, -0.25) is 19.2 Å². The Bertz CT molecular complexity index is 2730. The molecule has 3 aliphatic rings. The zero-order valence-corrected chi connectivity index (χ0v) is 42.1. The third-order valence-corrected chi connectivity index (χ3v) is 15.0. The van der Waals surface area contributed by atoms with Crippen molar-refractivity contribution in [2.75, 3.05) is 26.4 Å². The topological polar surface area (TPSA) is 191 Å². The Labute approximate surface area is 414 Å². The molecule has 2 aliphatic carbocycles. The van der Waals surface area contributed by atoms with Crippen LogP contribution in [0.2, 0.25) is 0 Å². The summed E-state index contributed by atoms with van der Waals surface area (Å²) in [5.74, 6) is -1.89. The SMILES string of the molecule is Cc1ncsc1-c1ccc(CNC(=O)[C@@H]2CC3(CC3)CN2C(=O)[C@@H](NC(=O)COCCCCOc2ccc(C(=O)NC3C(C)(C)C(Oc4ccc5nnc(C(F)(F)F)n5n4)C3(C)C)cc2)C(C)(C)C)cc1. The number of alkyl halides is 3. The number of rotatable bonds is 18. The second kappa shape index (κ2) is 19.8. The van der Waals surface area contributed by atoms with Gasteiger partial charge >= 0.3 is 6.18 Å². The molecule has 5 aromatic rings. The molecule has 3 fully saturated rings. The van der Waals surface area contributed by atoms with Gasteiger partial charge in [-0.25, -0.2) is 4.98 Å². The van der Waals surface area contributed by atoms with E-state index in [-0.39, 0.29) is 47.3 Å². The number of unbranched alkanes of at least 4 members (excludes halogenated alkanes) is 1. The Balaban J connectivity index is 0.748. The van der Waals surface area contributed by atoms with Crippen LogP contribution in [-0.2, 0) is 31.8 Å². The molecule has 2 saturated carbocycles. The summed E-state index contributed by atoms with van der Waals surface area (Å²) >= 11 is 1.59. The third kappa shape index (κ3) is 11.2. The average Bonchev–Trinajstić information content (AvgIpc) is 3.57. The number of thiazole rings is 1. The third-order valence-electron chi connectivity index (χ3n) is 14.0. The monoisotopic (exact) mass is 1000 g/mol. The Morgan fingerprint density at radius 2 is 1.59 bits per heavy atom. The number of amides is 4. The number of carbonyl (C=O) groups excluding carboxylic acids is 4. The molecule has 3 aromatic heterocycles. The lowest BCUT2D eigenvalue weighted by molar-refractivity contribution is -0.166. The molecule has 0 unspecified atom stereocenters. The van der Waals surface area contributed by atoms with Gasteiger partial charge in [0, 0.05) is 48.2 Å². The molecule has 71 heavy (non-hydrogen) atoms. The zero-order valence-electron chi connectivity index (χ0n) is 41.3. The number of ether oxygens (including phenoxy) is 3. The van der Waals surface area contributed by atoms with E-state index in [0.717, 1.165) is 34.5 Å².